The van der Waals surface area contributed by atoms with Crippen LogP contribution in [0.3, 0.4) is 0 Å². The Morgan fingerprint density at radius 1 is 1.00 bits per heavy atom. The van der Waals surface area contributed by atoms with Crippen LogP contribution in [0.25, 0.3) is 22.0 Å². The number of ether oxygens (including phenoxy) is 1. The van der Waals surface area contributed by atoms with E-state index in [1.165, 1.54) is 0 Å². The van der Waals surface area contributed by atoms with Crippen molar-refractivity contribution in [1.82, 2.24) is 4.98 Å². The molecule has 0 unspecified atom stereocenters. The smallest absolute Gasteiger partial charge is 0.256 e. The summed E-state index contributed by atoms with van der Waals surface area (Å²) in [5.41, 5.74) is 3.27. The molecule has 100 valence electrons. The highest BCUT2D eigenvalue weighted by atomic mass is 16.5. The van der Waals surface area contributed by atoms with Crippen LogP contribution in [0.15, 0.2) is 53.3 Å². The number of aromatic nitrogens is 1. The van der Waals surface area contributed by atoms with Crippen LogP contribution in [0.2, 0.25) is 0 Å². The van der Waals surface area contributed by atoms with Crippen molar-refractivity contribution in [3.63, 3.8) is 0 Å². The second-order valence-corrected chi connectivity index (χ2v) is 4.70. The Morgan fingerprint density at radius 3 is 2.45 bits per heavy atom. The molecule has 0 atom stereocenters. The summed E-state index contributed by atoms with van der Waals surface area (Å²) in [7, 11) is 1.64. The van der Waals surface area contributed by atoms with Crippen molar-refractivity contribution in [3.8, 4) is 16.9 Å². The molecule has 0 radical (unpaired) electrons. The number of hydrogen-bond donors (Lipinski definition) is 1. The largest absolute Gasteiger partial charge is 0.496 e. The number of nitrogens with one attached hydrogen (secondary N) is 1. The van der Waals surface area contributed by atoms with E-state index in [1.54, 1.807) is 7.11 Å². The fourth-order valence-corrected chi connectivity index (χ4v) is 2.62. The summed E-state index contributed by atoms with van der Waals surface area (Å²) in [6.45, 7) is 1.96. The molecule has 3 aromatic rings. The van der Waals surface area contributed by atoms with Gasteiger partial charge < -0.3 is 9.72 Å². The highest BCUT2D eigenvalue weighted by Gasteiger charge is 2.13. The monoisotopic (exact) mass is 265 g/mol. The number of H-pyrrole nitrogens is 1. The molecule has 0 aliphatic heterocycles. The molecule has 0 amide bonds. The summed E-state index contributed by atoms with van der Waals surface area (Å²) in [6, 6.07) is 15.4. The third-order valence-electron chi connectivity index (χ3n) is 3.53. The molecule has 0 aliphatic carbocycles. The summed E-state index contributed by atoms with van der Waals surface area (Å²) in [6.07, 6.45) is 0. The minimum Gasteiger partial charge on any atom is -0.496 e. The second kappa shape index (κ2) is 4.85. The first-order chi connectivity index (χ1) is 9.72. The van der Waals surface area contributed by atoms with E-state index in [9.17, 15) is 4.79 Å². The first kappa shape index (κ1) is 12.5. The lowest BCUT2D eigenvalue weighted by Crippen LogP contribution is -2.11. The maximum atomic E-state index is 12.4. The Balaban J connectivity index is 2.43. The molecular weight excluding hydrogens is 250 g/mol. The summed E-state index contributed by atoms with van der Waals surface area (Å²) in [4.78, 5) is 15.3. The number of pyridine rings is 1. The number of fused-ring (bicyclic) bond motifs is 1. The van der Waals surface area contributed by atoms with Crippen molar-refractivity contribution in [2.24, 2.45) is 0 Å². The van der Waals surface area contributed by atoms with E-state index >= 15 is 0 Å². The van der Waals surface area contributed by atoms with Crippen LogP contribution in [-0.4, -0.2) is 12.1 Å². The number of methoxy groups -OCH3 is 1. The van der Waals surface area contributed by atoms with E-state index < -0.39 is 0 Å². The Hall–Kier alpha value is -2.55. The summed E-state index contributed by atoms with van der Waals surface area (Å²) in [5.74, 6) is 0.772. The van der Waals surface area contributed by atoms with Crippen molar-refractivity contribution in [2.75, 3.05) is 7.11 Å². The van der Waals surface area contributed by atoms with Crippen LogP contribution in [0.4, 0.5) is 0 Å². The molecule has 2 aromatic carbocycles. The van der Waals surface area contributed by atoms with Gasteiger partial charge in [0.2, 0.25) is 0 Å². The number of aromatic amines is 1. The third-order valence-corrected chi connectivity index (χ3v) is 3.53. The number of benzene rings is 2. The Bertz CT molecular complexity index is 820. The van der Waals surface area contributed by atoms with Crippen LogP contribution in [0.1, 0.15) is 5.56 Å². The zero-order valence-corrected chi connectivity index (χ0v) is 11.4. The highest BCUT2D eigenvalue weighted by Crippen LogP contribution is 2.31. The van der Waals surface area contributed by atoms with E-state index in [0.717, 1.165) is 27.8 Å². The van der Waals surface area contributed by atoms with Gasteiger partial charge in [-0.25, -0.2) is 0 Å². The molecule has 0 saturated carbocycles. The summed E-state index contributed by atoms with van der Waals surface area (Å²) in [5, 5.41) is 0.952. The van der Waals surface area contributed by atoms with Crippen LogP contribution in [0.5, 0.6) is 5.75 Å². The van der Waals surface area contributed by atoms with Gasteiger partial charge in [-0.05, 0) is 30.2 Å². The minimum atomic E-state index is -0.0746. The Kier molecular flexibility index (Phi) is 3.03. The molecule has 20 heavy (non-hydrogen) atoms. The highest BCUT2D eigenvalue weighted by molar-refractivity contribution is 5.92. The molecule has 0 saturated heterocycles. The first-order valence-corrected chi connectivity index (χ1v) is 6.47. The van der Waals surface area contributed by atoms with Crippen molar-refractivity contribution in [1.29, 1.82) is 0 Å². The molecule has 1 aromatic heterocycles. The van der Waals surface area contributed by atoms with Crippen molar-refractivity contribution in [3.05, 3.63) is 64.4 Å². The average molecular weight is 265 g/mol. The van der Waals surface area contributed by atoms with E-state index in [2.05, 4.69) is 4.98 Å². The van der Waals surface area contributed by atoms with E-state index in [1.807, 2.05) is 55.5 Å². The maximum Gasteiger partial charge on any atom is 0.256 e. The fourth-order valence-electron chi connectivity index (χ4n) is 2.62. The Morgan fingerprint density at radius 2 is 1.75 bits per heavy atom. The van der Waals surface area contributed by atoms with Gasteiger partial charge in [0, 0.05) is 5.39 Å². The van der Waals surface area contributed by atoms with Gasteiger partial charge in [-0.1, -0.05) is 36.4 Å². The quantitative estimate of drug-likeness (QED) is 0.770. The van der Waals surface area contributed by atoms with Gasteiger partial charge in [-0.2, -0.15) is 0 Å². The number of aryl methyl sites for hydroxylation is 1. The van der Waals surface area contributed by atoms with Crippen molar-refractivity contribution >= 4 is 10.9 Å². The number of rotatable bonds is 2. The van der Waals surface area contributed by atoms with Gasteiger partial charge in [0.25, 0.3) is 5.56 Å². The zero-order chi connectivity index (χ0) is 14.1. The normalized spacial score (nSPS) is 10.7. The van der Waals surface area contributed by atoms with Crippen LogP contribution in [-0.2, 0) is 0 Å². The third kappa shape index (κ3) is 1.88. The second-order valence-electron chi connectivity index (χ2n) is 4.70. The zero-order valence-electron chi connectivity index (χ0n) is 11.4. The Labute approximate surface area is 116 Å². The topological polar surface area (TPSA) is 42.1 Å². The van der Waals surface area contributed by atoms with E-state index in [0.29, 0.717) is 5.56 Å². The standard InChI is InChI=1S/C17H15NO2/c1-11-15(12-7-4-3-5-8-12)17(19)18-13-9-6-10-14(20-2)16(11)13/h3-10H,1-2H3,(H,18,19). The summed E-state index contributed by atoms with van der Waals surface area (Å²) >= 11 is 0. The summed E-state index contributed by atoms with van der Waals surface area (Å²) < 4.78 is 5.42. The molecule has 3 nitrogen and oxygen atoms in total. The van der Waals surface area contributed by atoms with E-state index in [-0.39, 0.29) is 5.56 Å². The molecular formula is C17H15NO2. The van der Waals surface area contributed by atoms with E-state index in [4.69, 9.17) is 4.74 Å². The lowest BCUT2D eigenvalue weighted by molar-refractivity contribution is 0.419. The lowest BCUT2D eigenvalue weighted by Gasteiger charge is -2.12. The minimum absolute atomic E-state index is 0.0746. The molecule has 0 spiro atoms. The van der Waals surface area contributed by atoms with Crippen molar-refractivity contribution < 1.29 is 4.74 Å². The van der Waals surface area contributed by atoms with Gasteiger partial charge in [-0.15, -0.1) is 0 Å². The lowest BCUT2D eigenvalue weighted by atomic mass is 9.98. The first-order valence-electron chi connectivity index (χ1n) is 6.47. The SMILES string of the molecule is COc1cccc2[nH]c(=O)c(-c3ccccc3)c(C)c12. The molecule has 0 aliphatic rings. The van der Waals surface area contributed by atoms with Crippen LogP contribution in [0, 0.1) is 6.92 Å². The predicted octanol–water partition coefficient (Wildman–Crippen LogP) is 3.51. The molecule has 0 fully saturated rings. The number of hydrogen-bond acceptors (Lipinski definition) is 2. The van der Waals surface area contributed by atoms with Gasteiger partial charge in [0.15, 0.2) is 0 Å². The van der Waals surface area contributed by atoms with Crippen LogP contribution < -0.4 is 10.3 Å². The van der Waals surface area contributed by atoms with Gasteiger partial charge in [0.1, 0.15) is 5.75 Å². The van der Waals surface area contributed by atoms with Gasteiger partial charge in [0.05, 0.1) is 18.2 Å². The van der Waals surface area contributed by atoms with Gasteiger partial charge >= 0.3 is 0 Å². The maximum absolute atomic E-state index is 12.4. The van der Waals surface area contributed by atoms with Crippen molar-refractivity contribution in [2.45, 2.75) is 6.92 Å². The molecule has 3 heteroatoms. The van der Waals surface area contributed by atoms with Crippen LogP contribution >= 0.6 is 0 Å². The average Bonchev–Trinajstić information content (AvgIpc) is 2.47. The molecule has 0 bridgehead atoms. The fraction of sp³-hybridized carbons (Fsp3) is 0.118. The molecule has 1 heterocycles. The molecule has 1 N–H and O–H groups in total. The van der Waals surface area contributed by atoms with Gasteiger partial charge in [-0.3, -0.25) is 4.79 Å². The molecule has 3 rings (SSSR count). The predicted molar refractivity (Wildman–Crippen MR) is 81.3 cm³/mol.